The maximum Gasteiger partial charge on any atom is 0.214 e. The van der Waals surface area contributed by atoms with Gasteiger partial charge in [-0.25, -0.2) is 13.4 Å². The van der Waals surface area contributed by atoms with Gasteiger partial charge in [-0.15, -0.1) is 0 Å². The first-order valence-corrected chi connectivity index (χ1v) is 12.9. The maximum atomic E-state index is 12.7. The molecule has 0 aliphatic carbocycles. The summed E-state index contributed by atoms with van der Waals surface area (Å²) in [4.78, 5) is 6.92. The molecule has 8 heteroatoms. The molecule has 2 heterocycles. The lowest BCUT2D eigenvalue weighted by atomic mass is 10.1. The smallest absolute Gasteiger partial charge is 0.214 e. The average molecular weight is 437 g/mol. The zero-order valence-electron chi connectivity index (χ0n) is 17.7. The first-order chi connectivity index (χ1) is 13.9. The van der Waals surface area contributed by atoms with Gasteiger partial charge >= 0.3 is 0 Å². The number of unbranched alkanes of at least 4 members (excludes halogenated alkanes) is 3. The number of aryl methyl sites for hydroxylation is 1. The second-order valence-electron chi connectivity index (χ2n) is 7.93. The van der Waals surface area contributed by atoms with Crippen LogP contribution in [-0.4, -0.2) is 53.5 Å². The normalized spacial score (nSPS) is 18.3. The van der Waals surface area contributed by atoms with Gasteiger partial charge in [-0.05, 0) is 25.8 Å². The Morgan fingerprint density at radius 2 is 1.90 bits per heavy atom. The minimum absolute atomic E-state index is 0.0920. The van der Waals surface area contributed by atoms with Gasteiger partial charge in [0.1, 0.15) is 5.82 Å². The Hall–Kier alpha value is -1.51. The summed E-state index contributed by atoms with van der Waals surface area (Å²) in [5.41, 5.74) is 2.44. The van der Waals surface area contributed by atoms with E-state index in [1.165, 1.54) is 22.7 Å². The van der Waals surface area contributed by atoms with Crippen molar-refractivity contribution in [3.63, 3.8) is 0 Å². The molecule has 3 rings (SSSR count). The largest absolute Gasteiger partial charge is 0.342 e. The number of hydrogen-bond acceptors (Lipinski definition) is 6. The predicted octanol–water partition coefficient (Wildman–Crippen LogP) is 3.86. The van der Waals surface area contributed by atoms with E-state index in [-0.39, 0.29) is 11.8 Å². The Bertz CT molecular complexity index is 880. The third-order valence-electron chi connectivity index (χ3n) is 5.43. The van der Waals surface area contributed by atoms with Crippen LogP contribution in [0.5, 0.6) is 0 Å². The summed E-state index contributed by atoms with van der Waals surface area (Å²) in [6.45, 7) is 7.98. The fourth-order valence-corrected chi connectivity index (χ4v) is 6.07. The van der Waals surface area contributed by atoms with E-state index in [9.17, 15) is 8.42 Å². The number of sulfonamides is 1. The van der Waals surface area contributed by atoms with Crippen LogP contribution in [0.1, 0.15) is 56.5 Å². The number of piperazine rings is 1. The molecular formula is C21H32N4O2S2. The topological polar surface area (TPSA) is 66.4 Å². The molecule has 29 heavy (non-hydrogen) atoms. The molecule has 1 fully saturated rings. The average Bonchev–Trinajstić information content (AvgIpc) is 3.15. The van der Waals surface area contributed by atoms with Crippen LogP contribution in [0.15, 0.2) is 24.3 Å². The fraction of sp³-hybridized carbons (Fsp3) is 0.619. The van der Waals surface area contributed by atoms with E-state index in [0.29, 0.717) is 19.6 Å². The van der Waals surface area contributed by atoms with Gasteiger partial charge in [-0.3, -0.25) is 0 Å². The zero-order chi connectivity index (χ0) is 20.9. The summed E-state index contributed by atoms with van der Waals surface area (Å²) in [7, 11) is -3.17. The van der Waals surface area contributed by atoms with Crippen molar-refractivity contribution >= 4 is 26.7 Å². The number of rotatable bonds is 9. The first kappa shape index (κ1) is 22.2. The molecular weight excluding hydrogens is 404 g/mol. The second-order valence-corrected chi connectivity index (χ2v) is 10.8. The Balaban J connectivity index is 1.57. The molecule has 1 atom stereocenters. The monoisotopic (exact) mass is 436 g/mol. The van der Waals surface area contributed by atoms with Crippen molar-refractivity contribution in [3.05, 3.63) is 41.2 Å². The van der Waals surface area contributed by atoms with Gasteiger partial charge in [0.15, 0.2) is 0 Å². The lowest BCUT2D eigenvalue weighted by Gasteiger charge is -2.38. The van der Waals surface area contributed by atoms with E-state index in [0.717, 1.165) is 43.1 Å². The Labute approximate surface area is 179 Å². The van der Waals surface area contributed by atoms with Crippen LogP contribution in [0.25, 0.3) is 0 Å². The molecule has 0 saturated carbocycles. The summed E-state index contributed by atoms with van der Waals surface area (Å²) in [5, 5.41) is 0.889. The van der Waals surface area contributed by atoms with E-state index >= 15 is 0 Å². The summed E-state index contributed by atoms with van der Waals surface area (Å²) in [6, 6.07) is 8.53. The number of benzene rings is 1. The van der Waals surface area contributed by atoms with Gasteiger partial charge in [0.2, 0.25) is 15.2 Å². The number of nitrogens with zero attached hydrogens (tertiary/aromatic N) is 4. The molecule has 0 radical (unpaired) electrons. The Kier molecular flexibility index (Phi) is 7.65. The minimum atomic E-state index is -3.17. The summed E-state index contributed by atoms with van der Waals surface area (Å²) in [5.74, 6) is 1.09. The van der Waals surface area contributed by atoms with Gasteiger partial charge in [0.05, 0.1) is 5.75 Å². The van der Waals surface area contributed by atoms with Crippen molar-refractivity contribution < 1.29 is 8.42 Å². The van der Waals surface area contributed by atoms with Crippen molar-refractivity contribution in [2.75, 3.05) is 30.3 Å². The zero-order valence-corrected chi connectivity index (χ0v) is 19.3. The van der Waals surface area contributed by atoms with Gasteiger partial charge < -0.3 is 4.90 Å². The third kappa shape index (κ3) is 5.99. The van der Waals surface area contributed by atoms with Crippen LogP contribution in [0.3, 0.4) is 0 Å². The van der Waals surface area contributed by atoms with E-state index in [4.69, 9.17) is 4.98 Å². The highest BCUT2D eigenvalue weighted by Crippen LogP contribution is 2.25. The van der Waals surface area contributed by atoms with Crippen LogP contribution < -0.4 is 4.90 Å². The van der Waals surface area contributed by atoms with Crippen molar-refractivity contribution in [1.29, 1.82) is 0 Å². The van der Waals surface area contributed by atoms with Crippen LogP contribution in [0, 0.1) is 6.92 Å². The van der Waals surface area contributed by atoms with Crippen molar-refractivity contribution in [2.24, 2.45) is 0 Å². The van der Waals surface area contributed by atoms with Gasteiger partial charge in [0.25, 0.3) is 0 Å². The summed E-state index contributed by atoms with van der Waals surface area (Å²) >= 11 is 1.41. The Morgan fingerprint density at radius 1 is 1.14 bits per heavy atom. The minimum Gasteiger partial charge on any atom is -0.342 e. The molecule has 0 spiro atoms. The number of hydrogen-bond donors (Lipinski definition) is 0. The lowest BCUT2D eigenvalue weighted by Crippen LogP contribution is -2.54. The molecule has 160 valence electrons. The number of anilines is 1. The van der Waals surface area contributed by atoms with Gasteiger partial charge in [0, 0.05) is 43.6 Å². The molecule has 0 amide bonds. The van der Waals surface area contributed by atoms with E-state index in [2.05, 4.69) is 54.3 Å². The predicted molar refractivity (Wildman–Crippen MR) is 120 cm³/mol. The highest BCUT2D eigenvalue weighted by atomic mass is 32.2. The van der Waals surface area contributed by atoms with E-state index < -0.39 is 10.0 Å². The molecule has 1 aliphatic heterocycles. The second kappa shape index (κ2) is 10.00. The van der Waals surface area contributed by atoms with Crippen LogP contribution >= 0.6 is 11.5 Å². The van der Waals surface area contributed by atoms with Gasteiger partial charge in [-0.1, -0.05) is 56.0 Å². The van der Waals surface area contributed by atoms with Crippen LogP contribution in [0.4, 0.5) is 5.13 Å². The quantitative estimate of drug-likeness (QED) is 0.559. The van der Waals surface area contributed by atoms with Gasteiger partial charge in [-0.2, -0.15) is 8.68 Å². The standard InChI is InChI=1S/C21H32N4O2S2/c1-4-5-6-7-14-29(26,27)24-12-13-25(18(3)16-24)21-22-20(23-28-21)15-19-10-8-17(2)9-11-19/h8-11,18H,4-7,12-16H2,1-3H3. The molecule has 1 aliphatic rings. The summed E-state index contributed by atoms with van der Waals surface area (Å²) in [6.07, 6.45) is 4.67. The summed E-state index contributed by atoms with van der Waals surface area (Å²) < 4.78 is 31.5. The molecule has 1 aromatic carbocycles. The lowest BCUT2D eigenvalue weighted by molar-refractivity contribution is 0.342. The van der Waals surface area contributed by atoms with Crippen molar-refractivity contribution in [1.82, 2.24) is 13.7 Å². The molecule has 0 bridgehead atoms. The van der Waals surface area contributed by atoms with Crippen molar-refractivity contribution in [2.45, 2.75) is 58.9 Å². The van der Waals surface area contributed by atoms with E-state index in [1.807, 2.05) is 0 Å². The first-order valence-electron chi connectivity index (χ1n) is 10.5. The highest BCUT2D eigenvalue weighted by molar-refractivity contribution is 7.89. The fourth-order valence-electron chi connectivity index (χ4n) is 3.62. The SMILES string of the molecule is CCCCCCS(=O)(=O)N1CCN(c2nc(Cc3ccc(C)cc3)ns2)C(C)C1. The molecule has 6 nitrogen and oxygen atoms in total. The molecule has 0 N–H and O–H groups in total. The van der Waals surface area contributed by atoms with Crippen molar-refractivity contribution in [3.8, 4) is 0 Å². The molecule has 2 aromatic rings. The molecule has 1 unspecified atom stereocenters. The molecule has 1 saturated heterocycles. The third-order valence-corrected chi connectivity index (χ3v) is 8.14. The van der Waals surface area contributed by atoms with Crippen LogP contribution in [0.2, 0.25) is 0 Å². The van der Waals surface area contributed by atoms with Crippen LogP contribution in [-0.2, 0) is 16.4 Å². The highest BCUT2D eigenvalue weighted by Gasteiger charge is 2.32. The number of aromatic nitrogens is 2. The Morgan fingerprint density at radius 3 is 2.59 bits per heavy atom. The maximum absolute atomic E-state index is 12.7. The van der Waals surface area contributed by atoms with E-state index in [1.54, 1.807) is 4.31 Å². The molecule has 1 aromatic heterocycles.